The standard InChI is InChI=1S/C17H27NO2.C10H14/c1-2-15-8-11-18(12-9-15)10-3-13-20-17-6-4-16(14-19)5-7-17;1-3-6-10-8-5-4-7-9(10)2/h4-7,15,19H,2-3,8-14H2,1H3;4-5,7-8H,3,6H2,1-2H3. The highest BCUT2D eigenvalue weighted by Crippen LogP contribution is 2.20. The number of ether oxygens (including phenoxy) is 1. The summed E-state index contributed by atoms with van der Waals surface area (Å²) in [7, 11) is 0. The molecule has 0 atom stereocenters. The number of piperidine rings is 1. The first kappa shape index (κ1) is 24.4. The van der Waals surface area contributed by atoms with Crippen molar-refractivity contribution in [3.05, 3.63) is 65.2 Å². The molecule has 3 rings (SSSR count). The van der Waals surface area contributed by atoms with E-state index in [1.165, 1.54) is 56.3 Å². The van der Waals surface area contributed by atoms with E-state index in [1.54, 1.807) is 0 Å². The first-order valence-corrected chi connectivity index (χ1v) is 11.8. The highest BCUT2D eigenvalue weighted by molar-refractivity contribution is 5.27. The summed E-state index contributed by atoms with van der Waals surface area (Å²) in [4.78, 5) is 2.56. The molecule has 2 aromatic rings. The number of aliphatic hydroxyl groups is 1. The molecule has 0 unspecified atom stereocenters. The molecule has 0 aromatic heterocycles. The van der Waals surface area contributed by atoms with Gasteiger partial charge in [-0.1, -0.05) is 63.1 Å². The Bertz CT molecular complexity index is 690. The van der Waals surface area contributed by atoms with Gasteiger partial charge in [0.25, 0.3) is 0 Å². The highest BCUT2D eigenvalue weighted by Gasteiger charge is 2.16. The zero-order chi connectivity index (χ0) is 21.6. The van der Waals surface area contributed by atoms with Crippen LogP contribution in [0.1, 0.15) is 62.6 Å². The number of aliphatic hydroxyl groups excluding tert-OH is 1. The number of likely N-dealkylation sites (tertiary alicyclic amines) is 1. The van der Waals surface area contributed by atoms with E-state index >= 15 is 0 Å². The molecule has 1 fully saturated rings. The van der Waals surface area contributed by atoms with Gasteiger partial charge >= 0.3 is 0 Å². The molecule has 1 aliphatic rings. The first-order chi connectivity index (χ1) is 14.7. The second-order valence-corrected chi connectivity index (χ2v) is 8.37. The summed E-state index contributed by atoms with van der Waals surface area (Å²) in [6, 6.07) is 16.3. The number of hydrogen-bond acceptors (Lipinski definition) is 3. The monoisotopic (exact) mass is 411 g/mol. The minimum Gasteiger partial charge on any atom is -0.494 e. The van der Waals surface area contributed by atoms with Crippen molar-refractivity contribution in [2.75, 3.05) is 26.2 Å². The lowest BCUT2D eigenvalue weighted by atomic mass is 9.94. The van der Waals surface area contributed by atoms with Crippen LogP contribution in [0.25, 0.3) is 0 Å². The maximum atomic E-state index is 8.98. The second kappa shape index (κ2) is 14.2. The molecule has 1 N–H and O–H groups in total. The quantitative estimate of drug-likeness (QED) is 0.512. The average Bonchev–Trinajstić information content (AvgIpc) is 2.80. The highest BCUT2D eigenvalue weighted by atomic mass is 16.5. The fourth-order valence-electron chi connectivity index (χ4n) is 3.95. The van der Waals surface area contributed by atoms with Gasteiger partial charge in [-0.3, -0.25) is 0 Å². The summed E-state index contributed by atoms with van der Waals surface area (Å²) in [5, 5.41) is 8.98. The van der Waals surface area contributed by atoms with Gasteiger partial charge in [0, 0.05) is 6.54 Å². The summed E-state index contributed by atoms with van der Waals surface area (Å²) >= 11 is 0. The molecule has 0 aliphatic carbocycles. The third-order valence-electron chi connectivity index (χ3n) is 6.06. The number of rotatable bonds is 9. The summed E-state index contributed by atoms with van der Waals surface area (Å²) in [6.45, 7) is 11.2. The van der Waals surface area contributed by atoms with Crippen molar-refractivity contribution < 1.29 is 9.84 Å². The van der Waals surface area contributed by atoms with E-state index in [9.17, 15) is 0 Å². The summed E-state index contributed by atoms with van der Waals surface area (Å²) in [5.41, 5.74) is 3.84. The van der Waals surface area contributed by atoms with Crippen molar-refractivity contribution >= 4 is 0 Å². The van der Waals surface area contributed by atoms with Crippen molar-refractivity contribution in [2.45, 2.75) is 65.9 Å². The van der Waals surface area contributed by atoms with Crippen LogP contribution in [0.5, 0.6) is 5.75 Å². The number of nitrogens with zero attached hydrogens (tertiary/aromatic N) is 1. The summed E-state index contributed by atoms with van der Waals surface area (Å²) in [5.74, 6) is 1.85. The minimum absolute atomic E-state index is 0.0913. The number of aryl methyl sites for hydroxylation is 2. The van der Waals surface area contributed by atoms with Gasteiger partial charge in [0.15, 0.2) is 0 Å². The van der Waals surface area contributed by atoms with Gasteiger partial charge in [-0.25, -0.2) is 0 Å². The molecule has 0 spiro atoms. The van der Waals surface area contributed by atoms with Crippen LogP contribution >= 0.6 is 0 Å². The van der Waals surface area contributed by atoms with Gasteiger partial charge in [0.1, 0.15) is 5.75 Å². The van der Waals surface area contributed by atoms with Gasteiger partial charge in [-0.2, -0.15) is 0 Å². The lowest BCUT2D eigenvalue weighted by Gasteiger charge is -2.31. The molecule has 30 heavy (non-hydrogen) atoms. The topological polar surface area (TPSA) is 32.7 Å². The van der Waals surface area contributed by atoms with Crippen LogP contribution in [0.4, 0.5) is 0 Å². The van der Waals surface area contributed by atoms with Crippen LogP contribution in [0.3, 0.4) is 0 Å². The molecular weight excluding hydrogens is 370 g/mol. The van der Waals surface area contributed by atoms with Crippen LogP contribution in [-0.2, 0) is 13.0 Å². The SMILES string of the molecule is CCC1CCN(CCCOc2ccc(CO)cc2)CC1.CCCc1ccccc1C. The molecular formula is C27H41NO2. The zero-order valence-corrected chi connectivity index (χ0v) is 19.3. The largest absolute Gasteiger partial charge is 0.494 e. The maximum absolute atomic E-state index is 8.98. The zero-order valence-electron chi connectivity index (χ0n) is 19.3. The van der Waals surface area contributed by atoms with E-state index < -0.39 is 0 Å². The molecule has 1 aliphatic heterocycles. The van der Waals surface area contributed by atoms with E-state index in [0.717, 1.165) is 36.8 Å². The smallest absolute Gasteiger partial charge is 0.119 e. The van der Waals surface area contributed by atoms with Gasteiger partial charge in [0.05, 0.1) is 13.2 Å². The molecule has 1 heterocycles. The van der Waals surface area contributed by atoms with E-state index in [1.807, 2.05) is 24.3 Å². The Kier molecular flexibility index (Phi) is 11.6. The van der Waals surface area contributed by atoms with Crippen LogP contribution in [-0.4, -0.2) is 36.2 Å². The Morgan fingerprint density at radius 3 is 2.30 bits per heavy atom. The van der Waals surface area contributed by atoms with Gasteiger partial charge < -0.3 is 14.7 Å². The van der Waals surface area contributed by atoms with Crippen LogP contribution < -0.4 is 4.74 Å². The number of benzene rings is 2. The van der Waals surface area contributed by atoms with Gasteiger partial charge in [-0.05, 0) is 80.4 Å². The molecule has 3 heteroatoms. The van der Waals surface area contributed by atoms with Gasteiger partial charge in [-0.15, -0.1) is 0 Å². The Morgan fingerprint density at radius 1 is 1.00 bits per heavy atom. The fraction of sp³-hybridized carbons (Fsp3) is 0.556. The van der Waals surface area contributed by atoms with Crippen molar-refractivity contribution in [3.8, 4) is 5.75 Å². The lowest BCUT2D eigenvalue weighted by Crippen LogP contribution is -2.34. The van der Waals surface area contributed by atoms with Crippen molar-refractivity contribution in [1.82, 2.24) is 4.90 Å². The van der Waals surface area contributed by atoms with Crippen LogP contribution in [0, 0.1) is 12.8 Å². The predicted molar refractivity (Wildman–Crippen MR) is 127 cm³/mol. The second-order valence-electron chi connectivity index (χ2n) is 8.37. The maximum Gasteiger partial charge on any atom is 0.119 e. The molecule has 1 saturated heterocycles. The Hall–Kier alpha value is -1.84. The molecule has 0 bridgehead atoms. The van der Waals surface area contributed by atoms with E-state index in [-0.39, 0.29) is 6.61 Å². The van der Waals surface area contributed by atoms with E-state index in [2.05, 4.69) is 49.9 Å². The molecule has 166 valence electrons. The fourth-order valence-corrected chi connectivity index (χ4v) is 3.95. The Balaban J connectivity index is 0.000000269. The van der Waals surface area contributed by atoms with Crippen LogP contribution in [0.15, 0.2) is 48.5 Å². The minimum atomic E-state index is 0.0913. The molecule has 0 amide bonds. The third-order valence-corrected chi connectivity index (χ3v) is 6.06. The number of hydrogen-bond donors (Lipinski definition) is 1. The summed E-state index contributed by atoms with van der Waals surface area (Å²) < 4.78 is 5.73. The predicted octanol–water partition coefficient (Wildman–Crippen LogP) is 6.02. The molecule has 2 aromatic carbocycles. The van der Waals surface area contributed by atoms with Crippen molar-refractivity contribution in [3.63, 3.8) is 0 Å². The van der Waals surface area contributed by atoms with Gasteiger partial charge in [0.2, 0.25) is 0 Å². The lowest BCUT2D eigenvalue weighted by molar-refractivity contribution is 0.169. The first-order valence-electron chi connectivity index (χ1n) is 11.8. The Labute approximate surface area is 184 Å². The molecule has 0 saturated carbocycles. The summed E-state index contributed by atoms with van der Waals surface area (Å²) in [6.07, 6.45) is 7.59. The normalized spacial score (nSPS) is 14.8. The average molecular weight is 412 g/mol. The van der Waals surface area contributed by atoms with E-state index in [4.69, 9.17) is 9.84 Å². The third kappa shape index (κ3) is 8.89. The van der Waals surface area contributed by atoms with Crippen molar-refractivity contribution in [1.29, 1.82) is 0 Å². The molecule has 0 radical (unpaired) electrons. The van der Waals surface area contributed by atoms with Crippen molar-refractivity contribution in [2.24, 2.45) is 5.92 Å². The van der Waals surface area contributed by atoms with E-state index in [0.29, 0.717) is 0 Å². The molecule has 3 nitrogen and oxygen atoms in total. The van der Waals surface area contributed by atoms with Crippen LogP contribution in [0.2, 0.25) is 0 Å². The Morgan fingerprint density at radius 2 is 1.70 bits per heavy atom.